The van der Waals surface area contributed by atoms with Crippen LogP contribution in [0.5, 0.6) is 0 Å². The summed E-state index contributed by atoms with van der Waals surface area (Å²) >= 11 is 0. The molecule has 1 fully saturated rings. The van der Waals surface area contributed by atoms with Crippen molar-refractivity contribution in [3.8, 4) is 11.4 Å². The maximum absolute atomic E-state index is 12.2. The first-order chi connectivity index (χ1) is 11.0. The van der Waals surface area contributed by atoms with Crippen LogP contribution in [0.15, 0.2) is 27.5 Å². The van der Waals surface area contributed by atoms with E-state index >= 15 is 0 Å². The van der Waals surface area contributed by atoms with Crippen molar-refractivity contribution in [1.82, 2.24) is 15.0 Å². The lowest BCUT2D eigenvalue weighted by molar-refractivity contribution is -0.147. The molecule has 0 aromatic carbocycles. The summed E-state index contributed by atoms with van der Waals surface area (Å²) in [4.78, 5) is 29.2. The minimum absolute atomic E-state index is 0.0990. The van der Waals surface area contributed by atoms with Gasteiger partial charge >= 0.3 is 5.97 Å². The minimum Gasteiger partial charge on any atom is -0.481 e. The zero-order chi connectivity index (χ0) is 16.4. The molecule has 2 aromatic rings. The van der Waals surface area contributed by atoms with Gasteiger partial charge in [0.05, 0.1) is 17.2 Å². The maximum atomic E-state index is 12.2. The predicted molar refractivity (Wildman–Crippen MR) is 77.3 cm³/mol. The van der Waals surface area contributed by atoms with Crippen LogP contribution < -0.4 is 0 Å². The van der Waals surface area contributed by atoms with Gasteiger partial charge in [0.25, 0.3) is 0 Å². The molecule has 3 rings (SSSR count). The summed E-state index contributed by atoms with van der Waals surface area (Å²) in [5.41, 5.74) is -0.141. The molecule has 0 bridgehead atoms. The Labute approximate surface area is 132 Å². The normalized spacial score (nSPS) is 20.8. The topological polar surface area (TPSA) is 110 Å². The number of aromatic nitrogens is 2. The van der Waals surface area contributed by atoms with Crippen molar-refractivity contribution in [3.63, 3.8) is 0 Å². The SMILES string of the molecule is C[C@]1(C(=O)O)CCN(C(=O)CCc2nc(-c3ccoc3)no2)C1. The van der Waals surface area contributed by atoms with E-state index in [1.54, 1.807) is 17.9 Å². The van der Waals surface area contributed by atoms with Crippen LogP contribution in [0.25, 0.3) is 11.4 Å². The largest absolute Gasteiger partial charge is 0.481 e. The van der Waals surface area contributed by atoms with E-state index in [0.717, 1.165) is 0 Å². The monoisotopic (exact) mass is 319 g/mol. The van der Waals surface area contributed by atoms with Crippen LogP contribution in [0.4, 0.5) is 0 Å². The van der Waals surface area contributed by atoms with Crippen molar-refractivity contribution < 1.29 is 23.6 Å². The summed E-state index contributed by atoms with van der Waals surface area (Å²) in [6, 6.07) is 1.72. The molecule has 1 amide bonds. The van der Waals surface area contributed by atoms with Crippen LogP contribution >= 0.6 is 0 Å². The van der Waals surface area contributed by atoms with E-state index in [2.05, 4.69) is 10.1 Å². The van der Waals surface area contributed by atoms with Crippen LogP contribution in [-0.4, -0.2) is 45.1 Å². The number of furan rings is 1. The highest BCUT2D eigenvalue weighted by Gasteiger charge is 2.41. The number of likely N-dealkylation sites (tertiary alicyclic amines) is 1. The third-order valence-electron chi connectivity index (χ3n) is 4.14. The Morgan fingerprint density at radius 2 is 2.30 bits per heavy atom. The zero-order valence-corrected chi connectivity index (χ0v) is 12.7. The van der Waals surface area contributed by atoms with Crippen LogP contribution in [0.1, 0.15) is 25.7 Å². The molecule has 2 aromatic heterocycles. The summed E-state index contributed by atoms with van der Waals surface area (Å²) in [6.07, 6.45) is 4.03. The van der Waals surface area contributed by atoms with Gasteiger partial charge in [-0.25, -0.2) is 0 Å². The summed E-state index contributed by atoms with van der Waals surface area (Å²) in [7, 11) is 0. The molecule has 0 saturated carbocycles. The van der Waals surface area contributed by atoms with Gasteiger partial charge in [-0.2, -0.15) is 4.98 Å². The minimum atomic E-state index is -0.866. The number of carbonyl (C=O) groups is 2. The molecule has 1 aliphatic heterocycles. The number of hydrogen-bond donors (Lipinski definition) is 1. The lowest BCUT2D eigenvalue weighted by Gasteiger charge is -2.19. The number of aliphatic carboxylic acids is 1. The molecule has 1 N–H and O–H groups in total. The summed E-state index contributed by atoms with van der Waals surface area (Å²) in [5.74, 6) is -0.178. The van der Waals surface area contributed by atoms with Gasteiger partial charge in [-0.05, 0) is 19.4 Å². The molecular formula is C15H17N3O5. The Morgan fingerprint density at radius 3 is 2.96 bits per heavy atom. The summed E-state index contributed by atoms with van der Waals surface area (Å²) in [6.45, 7) is 2.37. The average molecular weight is 319 g/mol. The van der Waals surface area contributed by atoms with E-state index in [9.17, 15) is 14.7 Å². The number of amides is 1. The highest BCUT2D eigenvalue weighted by atomic mass is 16.5. The van der Waals surface area contributed by atoms with Crippen molar-refractivity contribution in [1.29, 1.82) is 0 Å². The number of carbonyl (C=O) groups excluding carboxylic acids is 1. The molecule has 8 heteroatoms. The quantitative estimate of drug-likeness (QED) is 0.891. The Kier molecular flexibility index (Phi) is 3.89. The highest BCUT2D eigenvalue weighted by Crippen LogP contribution is 2.30. The molecule has 1 saturated heterocycles. The summed E-state index contributed by atoms with van der Waals surface area (Å²) in [5, 5.41) is 13.0. The van der Waals surface area contributed by atoms with Gasteiger partial charge in [-0.1, -0.05) is 5.16 Å². The Balaban J connectivity index is 1.55. The van der Waals surface area contributed by atoms with Gasteiger partial charge < -0.3 is 18.9 Å². The molecule has 8 nitrogen and oxygen atoms in total. The van der Waals surface area contributed by atoms with Crippen molar-refractivity contribution in [3.05, 3.63) is 24.5 Å². The number of rotatable bonds is 5. The molecule has 0 radical (unpaired) electrons. The Morgan fingerprint density at radius 1 is 1.48 bits per heavy atom. The molecule has 122 valence electrons. The van der Waals surface area contributed by atoms with Gasteiger partial charge in [-0.15, -0.1) is 0 Å². The second-order valence-electron chi connectivity index (χ2n) is 5.95. The van der Waals surface area contributed by atoms with Crippen LogP contribution in [-0.2, 0) is 16.0 Å². The van der Waals surface area contributed by atoms with Crippen molar-refractivity contribution in [2.24, 2.45) is 5.41 Å². The third-order valence-corrected chi connectivity index (χ3v) is 4.14. The van der Waals surface area contributed by atoms with Gasteiger partial charge in [-0.3, -0.25) is 9.59 Å². The predicted octanol–water partition coefficient (Wildman–Crippen LogP) is 1.59. The Bertz CT molecular complexity index is 709. The average Bonchev–Trinajstić information content (AvgIpc) is 3.25. The van der Waals surface area contributed by atoms with E-state index in [1.807, 2.05) is 0 Å². The number of carboxylic acids is 1. The third kappa shape index (κ3) is 3.10. The molecule has 0 aliphatic carbocycles. The van der Waals surface area contributed by atoms with Crippen molar-refractivity contribution in [2.45, 2.75) is 26.2 Å². The second-order valence-corrected chi connectivity index (χ2v) is 5.95. The van der Waals surface area contributed by atoms with Gasteiger partial charge in [0.2, 0.25) is 17.6 Å². The molecule has 0 spiro atoms. The fraction of sp³-hybridized carbons (Fsp3) is 0.467. The highest BCUT2D eigenvalue weighted by molar-refractivity contribution is 5.80. The fourth-order valence-electron chi connectivity index (χ4n) is 2.59. The van der Waals surface area contributed by atoms with E-state index < -0.39 is 11.4 Å². The zero-order valence-electron chi connectivity index (χ0n) is 12.7. The lowest BCUT2D eigenvalue weighted by Crippen LogP contribution is -2.34. The number of aryl methyl sites for hydroxylation is 1. The molecule has 1 aliphatic rings. The number of carboxylic acid groups (broad SMARTS) is 1. The van der Waals surface area contributed by atoms with E-state index in [0.29, 0.717) is 36.7 Å². The number of nitrogens with zero attached hydrogens (tertiary/aromatic N) is 3. The van der Waals surface area contributed by atoms with Gasteiger partial charge in [0.1, 0.15) is 6.26 Å². The molecule has 0 unspecified atom stereocenters. The number of hydrogen-bond acceptors (Lipinski definition) is 6. The lowest BCUT2D eigenvalue weighted by atomic mass is 9.90. The van der Waals surface area contributed by atoms with Crippen LogP contribution in [0, 0.1) is 5.41 Å². The first-order valence-electron chi connectivity index (χ1n) is 7.34. The van der Waals surface area contributed by atoms with E-state index in [1.165, 1.54) is 12.5 Å². The molecule has 1 atom stereocenters. The second kappa shape index (κ2) is 5.86. The van der Waals surface area contributed by atoms with E-state index in [4.69, 9.17) is 8.94 Å². The maximum Gasteiger partial charge on any atom is 0.311 e. The van der Waals surface area contributed by atoms with E-state index in [-0.39, 0.29) is 18.9 Å². The Hall–Kier alpha value is -2.64. The van der Waals surface area contributed by atoms with Crippen molar-refractivity contribution in [2.75, 3.05) is 13.1 Å². The van der Waals surface area contributed by atoms with Crippen molar-refractivity contribution >= 4 is 11.9 Å². The van der Waals surface area contributed by atoms with Gasteiger partial charge in [0.15, 0.2) is 0 Å². The molecule has 23 heavy (non-hydrogen) atoms. The molecule has 3 heterocycles. The fourth-order valence-corrected chi connectivity index (χ4v) is 2.59. The van der Waals surface area contributed by atoms with Gasteiger partial charge in [0, 0.05) is 25.9 Å². The standard InChI is InChI=1S/C15H17N3O5/c1-15(14(20)21)5-6-18(9-15)12(19)3-2-11-16-13(17-23-11)10-4-7-22-8-10/h4,7-8H,2-3,5-6,9H2,1H3,(H,20,21)/t15-/m0/s1. The first kappa shape index (κ1) is 15.3. The smallest absolute Gasteiger partial charge is 0.311 e. The van der Waals surface area contributed by atoms with Crippen LogP contribution in [0.3, 0.4) is 0 Å². The molecular weight excluding hydrogens is 302 g/mol. The summed E-state index contributed by atoms with van der Waals surface area (Å²) < 4.78 is 10.1. The van der Waals surface area contributed by atoms with Crippen LogP contribution in [0.2, 0.25) is 0 Å². The first-order valence-corrected chi connectivity index (χ1v) is 7.34.